The Morgan fingerprint density at radius 1 is 1.33 bits per heavy atom. The van der Waals surface area contributed by atoms with Gasteiger partial charge < -0.3 is 10.2 Å². The predicted octanol–water partition coefficient (Wildman–Crippen LogP) is 3.83. The maximum absolute atomic E-state index is 6.44. The summed E-state index contributed by atoms with van der Waals surface area (Å²) in [4.78, 5) is 2.51. The molecule has 1 saturated carbocycles. The molecule has 2 nitrogen and oxygen atoms in total. The highest BCUT2D eigenvalue weighted by atomic mass is 35.5. The first-order valence-electron chi connectivity index (χ1n) is 7.02. The average Bonchev–Trinajstić information content (AvgIpc) is 3.18. The fraction of sp³-hybridized carbons (Fsp3) is 0.600. The van der Waals surface area contributed by atoms with Gasteiger partial charge in [0.25, 0.3) is 0 Å². The van der Waals surface area contributed by atoms with Gasteiger partial charge in [0.1, 0.15) is 0 Å². The molecule has 0 spiro atoms. The summed E-state index contributed by atoms with van der Waals surface area (Å²) >= 11 is 6.44. The Labute approximate surface area is 115 Å². The number of nitrogens with one attached hydrogen (secondary N) is 1. The van der Waals surface area contributed by atoms with Crippen molar-refractivity contribution < 1.29 is 0 Å². The van der Waals surface area contributed by atoms with Gasteiger partial charge in [0, 0.05) is 19.1 Å². The highest BCUT2D eigenvalue weighted by Crippen LogP contribution is 2.38. The lowest BCUT2D eigenvalue weighted by molar-refractivity contribution is 0.710. The van der Waals surface area contributed by atoms with E-state index in [1.54, 1.807) is 0 Å². The van der Waals surface area contributed by atoms with Crippen LogP contribution in [0.15, 0.2) is 18.2 Å². The summed E-state index contributed by atoms with van der Waals surface area (Å²) in [6, 6.07) is 6.96. The van der Waals surface area contributed by atoms with Crippen LogP contribution in [0.25, 0.3) is 0 Å². The van der Waals surface area contributed by atoms with E-state index in [9.17, 15) is 0 Å². The van der Waals surface area contributed by atoms with Gasteiger partial charge in [-0.2, -0.15) is 0 Å². The number of halogens is 1. The van der Waals surface area contributed by atoms with E-state index in [-0.39, 0.29) is 0 Å². The van der Waals surface area contributed by atoms with Crippen LogP contribution in [0.1, 0.15) is 38.7 Å². The van der Waals surface area contributed by atoms with Crippen LogP contribution in [0.4, 0.5) is 5.69 Å². The van der Waals surface area contributed by atoms with Crippen molar-refractivity contribution in [2.45, 2.75) is 45.7 Å². The number of nitrogens with zero attached hydrogens (tertiary/aromatic N) is 1. The van der Waals surface area contributed by atoms with Gasteiger partial charge in [0.2, 0.25) is 0 Å². The van der Waals surface area contributed by atoms with Gasteiger partial charge in [-0.1, -0.05) is 37.6 Å². The minimum Gasteiger partial charge on any atom is -0.367 e. The number of hydrogen-bond acceptors (Lipinski definition) is 2. The Balaban J connectivity index is 2.26. The number of anilines is 1. The van der Waals surface area contributed by atoms with Crippen LogP contribution >= 0.6 is 11.6 Å². The van der Waals surface area contributed by atoms with E-state index in [2.05, 4.69) is 36.2 Å². The molecule has 0 heterocycles. The smallest absolute Gasteiger partial charge is 0.0643 e. The molecule has 0 unspecified atom stereocenters. The van der Waals surface area contributed by atoms with Gasteiger partial charge >= 0.3 is 0 Å². The molecule has 1 fully saturated rings. The Morgan fingerprint density at radius 3 is 2.72 bits per heavy atom. The van der Waals surface area contributed by atoms with Crippen molar-refractivity contribution in [2.75, 3.05) is 18.0 Å². The fourth-order valence-electron chi connectivity index (χ4n) is 2.39. The van der Waals surface area contributed by atoms with Crippen LogP contribution in [0.2, 0.25) is 5.02 Å². The zero-order valence-electron chi connectivity index (χ0n) is 11.4. The minimum atomic E-state index is 0.713. The van der Waals surface area contributed by atoms with E-state index in [1.165, 1.54) is 30.5 Å². The van der Waals surface area contributed by atoms with Crippen molar-refractivity contribution in [3.05, 3.63) is 28.8 Å². The molecule has 100 valence electrons. The Kier molecular flexibility index (Phi) is 4.90. The largest absolute Gasteiger partial charge is 0.367 e. The molecule has 0 bridgehead atoms. The van der Waals surface area contributed by atoms with Crippen molar-refractivity contribution >= 4 is 17.3 Å². The Morgan fingerprint density at radius 2 is 2.11 bits per heavy atom. The van der Waals surface area contributed by atoms with Gasteiger partial charge in [-0.3, -0.25) is 0 Å². The number of para-hydroxylation sites is 1. The van der Waals surface area contributed by atoms with Gasteiger partial charge in [-0.15, -0.1) is 0 Å². The van der Waals surface area contributed by atoms with Gasteiger partial charge in [-0.05, 0) is 37.4 Å². The summed E-state index contributed by atoms with van der Waals surface area (Å²) in [7, 11) is 0. The zero-order chi connectivity index (χ0) is 13.0. The van der Waals surface area contributed by atoms with Crippen LogP contribution < -0.4 is 10.2 Å². The first-order chi connectivity index (χ1) is 8.77. The lowest BCUT2D eigenvalue weighted by Gasteiger charge is -2.28. The van der Waals surface area contributed by atoms with Crippen LogP contribution in [0.3, 0.4) is 0 Å². The highest BCUT2D eigenvalue weighted by Gasteiger charge is 2.30. The second kappa shape index (κ2) is 6.44. The number of benzene rings is 1. The molecule has 1 N–H and O–H groups in total. The normalized spacial score (nSPS) is 14.8. The molecule has 1 aromatic carbocycles. The quantitative estimate of drug-likeness (QED) is 0.807. The van der Waals surface area contributed by atoms with E-state index in [0.29, 0.717) is 6.04 Å². The lowest BCUT2D eigenvalue weighted by Crippen LogP contribution is -2.28. The number of rotatable bonds is 7. The summed E-state index contributed by atoms with van der Waals surface area (Å²) in [5.74, 6) is 0. The summed E-state index contributed by atoms with van der Waals surface area (Å²) in [5.41, 5.74) is 2.58. The van der Waals surface area contributed by atoms with Crippen molar-refractivity contribution in [3.8, 4) is 0 Å². The molecule has 1 aliphatic carbocycles. The molecule has 3 heteroatoms. The Hall–Kier alpha value is -0.730. The first kappa shape index (κ1) is 13.7. The summed E-state index contributed by atoms with van der Waals surface area (Å²) < 4.78 is 0. The summed E-state index contributed by atoms with van der Waals surface area (Å²) in [6.45, 7) is 7.36. The fourth-order valence-corrected chi connectivity index (χ4v) is 2.69. The lowest BCUT2D eigenvalue weighted by atomic mass is 10.1. The molecule has 0 aliphatic heterocycles. The van der Waals surface area contributed by atoms with Gasteiger partial charge in [-0.25, -0.2) is 0 Å². The van der Waals surface area contributed by atoms with Crippen molar-refractivity contribution in [3.63, 3.8) is 0 Å². The molecular formula is C15H23ClN2. The molecule has 1 aliphatic rings. The molecular weight excluding hydrogens is 244 g/mol. The van der Waals surface area contributed by atoms with Crippen LogP contribution in [0, 0.1) is 0 Å². The molecule has 18 heavy (non-hydrogen) atoms. The van der Waals surface area contributed by atoms with E-state index in [1.807, 2.05) is 6.07 Å². The van der Waals surface area contributed by atoms with Crippen LogP contribution in [0.5, 0.6) is 0 Å². The molecule has 0 atom stereocenters. The van der Waals surface area contributed by atoms with Crippen LogP contribution in [-0.4, -0.2) is 19.1 Å². The topological polar surface area (TPSA) is 15.3 Å². The summed E-state index contributed by atoms with van der Waals surface area (Å²) in [6.07, 6.45) is 3.79. The molecule has 2 rings (SSSR count). The van der Waals surface area contributed by atoms with Crippen molar-refractivity contribution in [1.82, 2.24) is 5.32 Å². The highest BCUT2D eigenvalue weighted by molar-refractivity contribution is 6.33. The van der Waals surface area contributed by atoms with E-state index >= 15 is 0 Å². The first-order valence-corrected chi connectivity index (χ1v) is 7.40. The second-order valence-corrected chi connectivity index (χ2v) is 5.36. The third-order valence-electron chi connectivity index (χ3n) is 3.38. The van der Waals surface area contributed by atoms with E-state index in [4.69, 9.17) is 11.6 Å². The molecule has 0 amide bonds. The zero-order valence-corrected chi connectivity index (χ0v) is 12.1. The molecule has 1 aromatic rings. The van der Waals surface area contributed by atoms with Crippen molar-refractivity contribution in [2.24, 2.45) is 0 Å². The molecule has 0 aromatic heterocycles. The van der Waals surface area contributed by atoms with E-state index in [0.717, 1.165) is 24.7 Å². The molecule has 0 saturated heterocycles. The maximum atomic E-state index is 6.44. The Bertz CT molecular complexity index is 388. The predicted molar refractivity (Wildman–Crippen MR) is 79.5 cm³/mol. The standard InChI is InChI=1S/C15H23ClN2/c1-3-10-18(13-8-9-13)15-12(11-17-4-2)6-5-7-14(15)16/h5-7,13,17H,3-4,8-11H2,1-2H3. The third-order valence-corrected chi connectivity index (χ3v) is 3.68. The van der Waals surface area contributed by atoms with Crippen LogP contribution in [-0.2, 0) is 6.54 Å². The monoisotopic (exact) mass is 266 g/mol. The average molecular weight is 267 g/mol. The van der Waals surface area contributed by atoms with E-state index < -0.39 is 0 Å². The van der Waals surface area contributed by atoms with Gasteiger partial charge in [0.15, 0.2) is 0 Å². The third kappa shape index (κ3) is 3.18. The van der Waals surface area contributed by atoms with Crippen molar-refractivity contribution in [1.29, 1.82) is 0 Å². The summed E-state index contributed by atoms with van der Waals surface area (Å²) in [5, 5.41) is 4.30. The maximum Gasteiger partial charge on any atom is 0.0643 e. The number of hydrogen-bond donors (Lipinski definition) is 1. The molecule has 0 radical (unpaired) electrons. The second-order valence-electron chi connectivity index (χ2n) is 4.95. The SMILES string of the molecule is CCCN(c1c(Cl)cccc1CNCC)C1CC1. The minimum absolute atomic E-state index is 0.713. The van der Waals surface area contributed by atoms with Gasteiger partial charge in [0.05, 0.1) is 10.7 Å².